The minimum atomic E-state index is -1.80. The number of aliphatic hydroxyl groups is 1. The van der Waals surface area contributed by atoms with Gasteiger partial charge in [0.15, 0.2) is 0 Å². The molecule has 3 aromatic carbocycles. The molecule has 2 N–H and O–H groups in total. The van der Waals surface area contributed by atoms with Gasteiger partial charge in [-0.2, -0.15) is 10.2 Å². The van der Waals surface area contributed by atoms with Crippen LogP contribution in [-0.4, -0.2) is 29.7 Å². The summed E-state index contributed by atoms with van der Waals surface area (Å²) in [7, 11) is 0. The Labute approximate surface area is 211 Å². The Morgan fingerprint density at radius 2 is 1.97 bits per heavy atom. The molecular weight excluding hydrogens is 486 g/mol. The van der Waals surface area contributed by atoms with Crippen LogP contribution in [0.2, 0.25) is 5.02 Å². The van der Waals surface area contributed by atoms with E-state index in [1.54, 1.807) is 17.8 Å². The number of rotatable bonds is 8. The number of fused-ring (bicyclic) bond motifs is 1. The molecule has 0 spiro atoms. The lowest BCUT2D eigenvalue weighted by atomic mass is 9.86. The van der Waals surface area contributed by atoms with Crippen LogP contribution < -0.4 is 5.32 Å². The van der Waals surface area contributed by atoms with Gasteiger partial charge in [0.25, 0.3) is 0 Å². The highest BCUT2D eigenvalue weighted by atomic mass is 35.5. The topological polar surface area (TPSA) is 80.8 Å². The molecule has 2 heterocycles. The monoisotopic (exact) mass is 508 g/mol. The van der Waals surface area contributed by atoms with Crippen LogP contribution in [0.5, 0.6) is 0 Å². The van der Waals surface area contributed by atoms with Crippen molar-refractivity contribution < 1.29 is 13.9 Å². The number of halogens is 3. The maximum absolute atomic E-state index is 14.9. The molecule has 0 amide bonds. The van der Waals surface area contributed by atoms with E-state index in [0.29, 0.717) is 17.1 Å². The molecule has 7 nitrogen and oxygen atoms in total. The van der Waals surface area contributed by atoms with E-state index >= 15 is 0 Å². The number of anilines is 1. The van der Waals surface area contributed by atoms with Gasteiger partial charge in [-0.05, 0) is 48.9 Å². The molecule has 2 atom stereocenters. The van der Waals surface area contributed by atoms with Crippen molar-refractivity contribution in [3.8, 4) is 0 Å². The summed E-state index contributed by atoms with van der Waals surface area (Å²) in [5.41, 5.74) is 0.776. The number of benzene rings is 3. The van der Waals surface area contributed by atoms with Gasteiger partial charge in [0.05, 0.1) is 18.1 Å². The van der Waals surface area contributed by atoms with E-state index < -0.39 is 23.3 Å². The molecule has 0 bridgehead atoms. The zero-order valence-corrected chi connectivity index (χ0v) is 20.1. The van der Waals surface area contributed by atoms with Crippen LogP contribution in [0.3, 0.4) is 0 Å². The van der Waals surface area contributed by atoms with Crippen LogP contribution in [0, 0.1) is 11.6 Å². The SMILES string of the molecule is C[C@@H](n1cc2cc(NCc3cccc(Cl)c3)ccc2n1)[C@](O)(Cn1cncn1)c1ccc(F)cc1F. The number of aromatic nitrogens is 5. The van der Waals surface area contributed by atoms with E-state index in [1.807, 2.05) is 42.5 Å². The third kappa shape index (κ3) is 4.80. The Kier molecular flexibility index (Phi) is 6.42. The molecular formula is C26H23ClF2N6O. The van der Waals surface area contributed by atoms with Crippen molar-refractivity contribution in [3.63, 3.8) is 0 Å². The van der Waals surface area contributed by atoms with E-state index in [9.17, 15) is 13.9 Å². The van der Waals surface area contributed by atoms with Crippen molar-refractivity contribution >= 4 is 28.2 Å². The standard InChI is InChI=1S/C26H23ClF2N6O/c1-17(26(36,14-34-16-30-15-32-34)23-7-5-21(28)11-24(23)29)35-13-19-10-22(6-8-25(19)33-35)31-12-18-3-2-4-20(27)9-18/h2-11,13,15-17,31,36H,12,14H2,1H3/t17-,26-/m1/s1. The summed E-state index contributed by atoms with van der Waals surface area (Å²) < 4.78 is 31.5. The van der Waals surface area contributed by atoms with Crippen LogP contribution in [-0.2, 0) is 18.7 Å². The second-order valence-electron chi connectivity index (χ2n) is 8.68. The Hall–Kier alpha value is -3.82. The first-order valence-corrected chi connectivity index (χ1v) is 11.7. The Morgan fingerprint density at radius 3 is 2.72 bits per heavy atom. The Balaban J connectivity index is 1.46. The summed E-state index contributed by atoms with van der Waals surface area (Å²) in [6.07, 6.45) is 4.54. The highest BCUT2D eigenvalue weighted by molar-refractivity contribution is 6.30. The Morgan fingerprint density at radius 1 is 1.11 bits per heavy atom. The van der Waals surface area contributed by atoms with Crippen molar-refractivity contribution in [2.75, 3.05) is 5.32 Å². The van der Waals surface area contributed by atoms with Gasteiger partial charge in [0.1, 0.15) is 29.9 Å². The van der Waals surface area contributed by atoms with Gasteiger partial charge in [-0.25, -0.2) is 18.4 Å². The fraction of sp³-hybridized carbons (Fsp3) is 0.192. The smallest absolute Gasteiger partial charge is 0.137 e. The molecule has 0 aliphatic heterocycles. The first kappa shape index (κ1) is 23.9. The molecule has 2 aromatic heterocycles. The lowest BCUT2D eigenvalue weighted by Crippen LogP contribution is -2.40. The molecule has 0 aliphatic carbocycles. The second kappa shape index (κ2) is 9.67. The quantitative estimate of drug-likeness (QED) is 0.296. The number of nitrogens with one attached hydrogen (secondary N) is 1. The first-order chi connectivity index (χ1) is 17.3. The highest BCUT2D eigenvalue weighted by Crippen LogP contribution is 2.37. The van der Waals surface area contributed by atoms with E-state index in [4.69, 9.17) is 11.6 Å². The lowest BCUT2D eigenvalue weighted by molar-refractivity contribution is -0.0366. The highest BCUT2D eigenvalue weighted by Gasteiger charge is 2.40. The molecule has 10 heteroatoms. The lowest BCUT2D eigenvalue weighted by Gasteiger charge is -2.34. The fourth-order valence-corrected chi connectivity index (χ4v) is 4.48. The second-order valence-corrected chi connectivity index (χ2v) is 9.12. The van der Waals surface area contributed by atoms with Gasteiger partial charge in [-0.1, -0.05) is 29.8 Å². The van der Waals surface area contributed by atoms with Crippen molar-refractivity contribution in [2.24, 2.45) is 0 Å². The predicted octanol–water partition coefficient (Wildman–Crippen LogP) is 5.32. The molecule has 0 fully saturated rings. The molecule has 0 radical (unpaired) electrons. The molecule has 0 saturated heterocycles. The third-order valence-electron chi connectivity index (χ3n) is 6.26. The van der Waals surface area contributed by atoms with Crippen LogP contribution in [0.15, 0.2) is 79.5 Å². The minimum Gasteiger partial charge on any atom is -0.381 e. The van der Waals surface area contributed by atoms with Crippen LogP contribution >= 0.6 is 11.6 Å². The van der Waals surface area contributed by atoms with E-state index in [0.717, 1.165) is 28.8 Å². The molecule has 5 aromatic rings. The average Bonchev–Trinajstić information content (AvgIpc) is 3.51. The summed E-state index contributed by atoms with van der Waals surface area (Å²) in [5.74, 6) is -1.58. The maximum Gasteiger partial charge on any atom is 0.137 e. The van der Waals surface area contributed by atoms with Gasteiger partial charge in [0, 0.05) is 40.5 Å². The van der Waals surface area contributed by atoms with Crippen molar-refractivity contribution in [1.29, 1.82) is 0 Å². The molecule has 5 rings (SSSR count). The van der Waals surface area contributed by atoms with Gasteiger partial charge >= 0.3 is 0 Å². The van der Waals surface area contributed by atoms with Crippen molar-refractivity contribution in [3.05, 3.63) is 107 Å². The fourth-order valence-electron chi connectivity index (χ4n) is 4.27. The number of hydrogen-bond acceptors (Lipinski definition) is 5. The molecule has 0 aliphatic rings. The number of hydrogen-bond donors (Lipinski definition) is 2. The van der Waals surface area contributed by atoms with Crippen molar-refractivity contribution in [1.82, 2.24) is 24.5 Å². The van der Waals surface area contributed by atoms with Gasteiger partial charge in [-0.15, -0.1) is 0 Å². The van der Waals surface area contributed by atoms with E-state index in [-0.39, 0.29) is 12.1 Å². The van der Waals surface area contributed by atoms with Crippen LogP contribution in [0.1, 0.15) is 24.1 Å². The van der Waals surface area contributed by atoms with Crippen LogP contribution in [0.4, 0.5) is 14.5 Å². The normalized spacial score (nSPS) is 14.0. The maximum atomic E-state index is 14.9. The van der Waals surface area contributed by atoms with Gasteiger partial charge in [-0.3, -0.25) is 4.68 Å². The summed E-state index contributed by atoms with van der Waals surface area (Å²) in [4.78, 5) is 3.91. The summed E-state index contributed by atoms with van der Waals surface area (Å²) in [6.45, 7) is 2.21. The minimum absolute atomic E-state index is 0.0599. The largest absolute Gasteiger partial charge is 0.381 e. The molecule has 184 valence electrons. The third-order valence-corrected chi connectivity index (χ3v) is 6.50. The summed E-state index contributed by atoms with van der Waals surface area (Å²) in [5, 5.41) is 25.4. The van der Waals surface area contributed by atoms with E-state index in [1.165, 1.54) is 23.4 Å². The average molecular weight is 509 g/mol. The zero-order chi connectivity index (χ0) is 25.3. The molecule has 0 saturated carbocycles. The molecule has 0 unspecified atom stereocenters. The molecule has 36 heavy (non-hydrogen) atoms. The van der Waals surface area contributed by atoms with Crippen LogP contribution in [0.25, 0.3) is 10.9 Å². The van der Waals surface area contributed by atoms with Crippen molar-refractivity contribution in [2.45, 2.75) is 31.7 Å². The zero-order valence-electron chi connectivity index (χ0n) is 19.3. The number of nitrogens with zero attached hydrogens (tertiary/aromatic N) is 5. The Bertz CT molecular complexity index is 1510. The van der Waals surface area contributed by atoms with Gasteiger partial charge < -0.3 is 10.4 Å². The summed E-state index contributed by atoms with van der Waals surface area (Å²) in [6, 6.07) is 15.7. The predicted molar refractivity (Wildman–Crippen MR) is 133 cm³/mol. The van der Waals surface area contributed by atoms with E-state index in [2.05, 4.69) is 20.5 Å². The first-order valence-electron chi connectivity index (χ1n) is 11.3. The van der Waals surface area contributed by atoms with Gasteiger partial charge in [0.2, 0.25) is 0 Å². The summed E-state index contributed by atoms with van der Waals surface area (Å²) >= 11 is 6.07.